The summed E-state index contributed by atoms with van der Waals surface area (Å²) in [4.78, 5) is 0. The molecule has 0 saturated carbocycles. The fourth-order valence-electron chi connectivity index (χ4n) is 3.10. The van der Waals surface area contributed by atoms with Gasteiger partial charge in [-0.2, -0.15) is 0 Å². The number of rotatable bonds is 6. The Labute approximate surface area is 141 Å². The van der Waals surface area contributed by atoms with E-state index in [1.165, 1.54) is 6.08 Å². The van der Waals surface area contributed by atoms with Crippen LogP contribution in [0.4, 0.5) is 0 Å². The molecule has 0 spiro atoms. The normalized spacial score (nSPS) is 33.8. The van der Waals surface area contributed by atoms with Crippen LogP contribution in [0.1, 0.15) is 19.4 Å². The quantitative estimate of drug-likeness (QED) is 0.764. The van der Waals surface area contributed by atoms with Gasteiger partial charge in [-0.05, 0) is 19.4 Å². The molecule has 2 aliphatic heterocycles. The molecule has 5 atom stereocenters. The van der Waals surface area contributed by atoms with Gasteiger partial charge >= 0.3 is 0 Å². The molecule has 2 N–H and O–H groups in total. The fourth-order valence-corrected chi connectivity index (χ4v) is 3.10. The number of benzene rings is 1. The van der Waals surface area contributed by atoms with Crippen molar-refractivity contribution in [3.05, 3.63) is 48.6 Å². The zero-order valence-electron chi connectivity index (χ0n) is 13.9. The van der Waals surface area contributed by atoms with E-state index in [0.717, 1.165) is 5.56 Å². The van der Waals surface area contributed by atoms with Gasteiger partial charge in [0.2, 0.25) is 0 Å². The standard InChI is InChI=1S/C18H24O6/c1-4-18(20,11-19)15-13(21-10-12-8-6-5-7-9-12)14-16(22-15)24-17(2,3)23-14/h4-9,13-16,19-20H,1,10-11H2,2-3H3/t13-,14-,15+,16-,18-/m1/s1. The maximum atomic E-state index is 10.6. The highest BCUT2D eigenvalue weighted by Gasteiger charge is 2.60. The minimum atomic E-state index is -1.64. The Morgan fingerprint density at radius 1 is 1.29 bits per heavy atom. The van der Waals surface area contributed by atoms with Gasteiger partial charge in [-0.15, -0.1) is 6.58 Å². The van der Waals surface area contributed by atoms with E-state index >= 15 is 0 Å². The molecule has 1 aromatic rings. The first-order chi connectivity index (χ1) is 11.4. The van der Waals surface area contributed by atoms with Crippen LogP contribution in [0.3, 0.4) is 0 Å². The molecule has 3 rings (SSSR count). The third kappa shape index (κ3) is 3.26. The molecule has 0 aliphatic carbocycles. The predicted octanol–water partition coefficient (Wildman–Crippen LogP) is 1.36. The summed E-state index contributed by atoms with van der Waals surface area (Å²) >= 11 is 0. The third-order valence-corrected chi connectivity index (χ3v) is 4.38. The fraction of sp³-hybridized carbons (Fsp3) is 0.556. The zero-order valence-corrected chi connectivity index (χ0v) is 13.9. The van der Waals surface area contributed by atoms with Crippen LogP contribution >= 0.6 is 0 Å². The van der Waals surface area contributed by atoms with Gasteiger partial charge < -0.3 is 29.2 Å². The zero-order chi connectivity index (χ0) is 17.4. The average Bonchev–Trinajstić information content (AvgIpc) is 3.05. The first kappa shape index (κ1) is 17.5. The number of aliphatic hydroxyl groups is 2. The number of ether oxygens (including phenoxy) is 4. The second-order valence-corrected chi connectivity index (χ2v) is 6.64. The Balaban J connectivity index is 1.80. The molecule has 132 valence electrons. The summed E-state index contributed by atoms with van der Waals surface area (Å²) < 4.78 is 23.4. The van der Waals surface area contributed by atoms with Crippen molar-refractivity contribution in [2.24, 2.45) is 0 Å². The first-order valence-electron chi connectivity index (χ1n) is 8.02. The molecule has 2 heterocycles. The Bertz CT molecular complexity index is 574. The molecule has 2 saturated heterocycles. The van der Waals surface area contributed by atoms with Crippen molar-refractivity contribution >= 4 is 0 Å². The van der Waals surface area contributed by atoms with E-state index in [4.69, 9.17) is 18.9 Å². The van der Waals surface area contributed by atoms with Crippen LogP contribution in [0.25, 0.3) is 0 Å². The minimum absolute atomic E-state index is 0.330. The van der Waals surface area contributed by atoms with E-state index < -0.39 is 42.6 Å². The Morgan fingerprint density at radius 2 is 2.00 bits per heavy atom. The minimum Gasteiger partial charge on any atom is -0.393 e. The second-order valence-electron chi connectivity index (χ2n) is 6.64. The van der Waals surface area contributed by atoms with Gasteiger partial charge in [0.1, 0.15) is 23.9 Å². The van der Waals surface area contributed by atoms with Crippen molar-refractivity contribution in [2.45, 2.75) is 56.4 Å². The highest BCUT2D eigenvalue weighted by atomic mass is 16.8. The van der Waals surface area contributed by atoms with Crippen molar-refractivity contribution in [2.75, 3.05) is 6.61 Å². The Hall–Kier alpha value is -1.28. The van der Waals surface area contributed by atoms with Crippen molar-refractivity contribution in [3.8, 4) is 0 Å². The average molecular weight is 336 g/mol. The van der Waals surface area contributed by atoms with Gasteiger partial charge in [0.15, 0.2) is 12.1 Å². The van der Waals surface area contributed by atoms with Crippen LogP contribution in [0.5, 0.6) is 0 Å². The first-order valence-corrected chi connectivity index (χ1v) is 8.02. The summed E-state index contributed by atoms with van der Waals surface area (Å²) in [6.07, 6.45) is -1.33. The maximum absolute atomic E-state index is 10.6. The lowest BCUT2D eigenvalue weighted by Gasteiger charge is -2.34. The molecule has 0 radical (unpaired) electrons. The van der Waals surface area contributed by atoms with Crippen LogP contribution in [-0.2, 0) is 25.6 Å². The van der Waals surface area contributed by atoms with Crippen LogP contribution in [-0.4, -0.2) is 52.8 Å². The molecule has 6 heteroatoms. The molecule has 0 bridgehead atoms. The van der Waals surface area contributed by atoms with Gasteiger partial charge in [0, 0.05) is 0 Å². The molecule has 2 fully saturated rings. The van der Waals surface area contributed by atoms with Gasteiger partial charge in [0.25, 0.3) is 0 Å². The van der Waals surface area contributed by atoms with E-state index in [-0.39, 0.29) is 0 Å². The van der Waals surface area contributed by atoms with E-state index in [0.29, 0.717) is 6.61 Å². The number of aliphatic hydroxyl groups excluding tert-OH is 1. The lowest BCUT2D eigenvalue weighted by molar-refractivity contribution is -0.241. The second kappa shape index (κ2) is 6.55. The summed E-state index contributed by atoms with van der Waals surface area (Å²) in [5.41, 5.74) is -0.647. The van der Waals surface area contributed by atoms with Crippen LogP contribution in [0, 0.1) is 0 Å². The molecule has 0 aromatic heterocycles. The monoisotopic (exact) mass is 336 g/mol. The van der Waals surface area contributed by atoms with Crippen LogP contribution in [0.2, 0.25) is 0 Å². The highest BCUT2D eigenvalue weighted by Crippen LogP contribution is 2.42. The molecular formula is C18H24O6. The highest BCUT2D eigenvalue weighted by molar-refractivity contribution is 5.14. The van der Waals surface area contributed by atoms with Gasteiger partial charge in [-0.25, -0.2) is 0 Å². The predicted molar refractivity (Wildman–Crippen MR) is 85.9 cm³/mol. The lowest BCUT2D eigenvalue weighted by atomic mass is 9.92. The SMILES string of the molecule is C=C[C@@](O)(CO)[C@H]1O[C@@H]2OC(C)(C)O[C@@H]2[C@H]1OCc1ccccc1. The van der Waals surface area contributed by atoms with Gasteiger partial charge in [-0.3, -0.25) is 0 Å². The molecule has 1 aromatic carbocycles. The van der Waals surface area contributed by atoms with Gasteiger partial charge in [-0.1, -0.05) is 36.4 Å². The molecule has 24 heavy (non-hydrogen) atoms. The number of fused-ring (bicyclic) bond motifs is 1. The van der Waals surface area contributed by atoms with Gasteiger partial charge in [0.05, 0.1) is 13.2 Å². The van der Waals surface area contributed by atoms with Crippen LogP contribution < -0.4 is 0 Å². The number of hydrogen-bond acceptors (Lipinski definition) is 6. The van der Waals surface area contributed by atoms with Crippen LogP contribution in [0.15, 0.2) is 43.0 Å². The molecule has 0 amide bonds. The molecule has 6 nitrogen and oxygen atoms in total. The van der Waals surface area contributed by atoms with Crippen molar-refractivity contribution < 1.29 is 29.2 Å². The maximum Gasteiger partial charge on any atom is 0.190 e. The largest absolute Gasteiger partial charge is 0.393 e. The van der Waals surface area contributed by atoms with E-state index in [1.54, 1.807) is 13.8 Å². The summed E-state index contributed by atoms with van der Waals surface area (Å²) in [6, 6.07) is 9.68. The summed E-state index contributed by atoms with van der Waals surface area (Å²) in [6.45, 7) is 6.98. The van der Waals surface area contributed by atoms with E-state index in [1.807, 2.05) is 30.3 Å². The number of hydrogen-bond donors (Lipinski definition) is 2. The summed E-state index contributed by atoms with van der Waals surface area (Å²) in [5, 5.41) is 20.2. The summed E-state index contributed by atoms with van der Waals surface area (Å²) in [7, 11) is 0. The Morgan fingerprint density at radius 3 is 2.62 bits per heavy atom. The van der Waals surface area contributed by atoms with E-state index in [9.17, 15) is 10.2 Å². The van der Waals surface area contributed by atoms with Crippen molar-refractivity contribution in [3.63, 3.8) is 0 Å². The van der Waals surface area contributed by atoms with Crippen molar-refractivity contribution in [1.29, 1.82) is 0 Å². The topological polar surface area (TPSA) is 77.4 Å². The van der Waals surface area contributed by atoms with E-state index in [2.05, 4.69) is 6.58 Å². The summed E-state index contributed by atoms with van der Waals surface area (Å²) in [5.74, 6) is -0.791. The smallest absolute Gasteiger partial charge is 0.190 e. The molecule has 2 aliphatic rings. The third-order valence-electron chi connectivity index (χ3n) is 4.38. The van der Waals surface area contributed by atoms with Crippen molar-refractivity contribution in [1.82, 2.24) is 0 Å². The molecule has 0 unspecified atom stereocenters. The Kier molecular flexibility index (Phi) is 4.79. The lowest BCUT2D eigenvalue weighted by Crippen LogP contribution is -2.52. The molecular weight excluding hydrogens is 312 g/mol.